The monoisotopic (exact) mass is 250 g/mol. The number of nitriles is 1. The fourth-order valence-electron chi connectivity index (χ4n) is 1.97. The van der Waals surface area contributed by atoms with E-state index in [2.05, 4.69) is 16.3 Å². The fourth-order valence-corrected chi connectivity index (χ4v) is 1.97. The van der Waals surface area contributed by atoms with E-state index >= 15 is 0 Å². The van der Waals surface area contributed by atoms with Crippen molar-refractivity contribution in [3.63, 3.8) is 0 Å². The van der Waals surface area contributed by atoms with E-state index in [4.69, 9.17) is 10.00 Å². The molecule has 0 fully saturated rings. The lowest BCUT2D eigenvalue weighted by Crippen LogP contribution is -1.93. The molecule has 2 heterocycles. The van der Waals surface area contributed by atoms with Crippen LogP contribution in [-0.2, 0) is 0 Å². The van der Waals surface area contributed by atoms with Crippen molar-refractivity contribution in [2.24, 2.45) is 0 Å². The van der Waals surface area contributed by atoms with Gasteiger partial charge in [-0.1, -0.05) is 12.1 Å². The molecule has 5 heteroatoms. The van der Waals surface area contributed by atoms with Gasteiger partial charge in [0.1, 0.15) is 5.75 Å². The third-order valence-electron chi connectivity index (χ3n) is 2.89. The van der Waals surface area contributed by atoms with Crippen LogP contribution in [0.5, 0.6) is 5.75 Å². The lowest BCUT2D eigenvalue weighted by molar-refractivity contribution is 0.416. The van der Waals surface area contributed by atoms with E-state index < -0.39 is 0 Å². The molecule has 0 unspecified atom stereocenters. The SMILES string of the molecule is COc1ccccc1-c1nnc2cc(C#N)ccn12. The predicted molar refractivity (Wildman–Crippen MR) is 69.7 cm³/mol. The van der Waals surface area contributed by atoms with Gasteiger partial charge in [-0.3, -0.25) is 4.40 Å². The number of methoxy groups -OCH3 is 1. The van der Waals surface area contributed by atoms with Crippen LogP contribution in [-0.4, -0.2) is 21.7 Å². The molecule has 19 heavy (non-hydrogen) atoms. The molecule has 3 rings (SSSR count). The molecule has 92 valence electrons. The second kappa shape index (κ2) is 4.42. The van der Waals surface area contributed by atoms with Gasteiger partial charge in [-0.05, 0) is 18.2 Å². The Morgan fingerprint density at radius 1 is 1.21 bits per heavy atom. The molecular weight excluding hydrogens is 240 g/mol. The second-order valence-corrected chi connectivity index (χ2v) is 3.98. The Bertz CT molecular complexity index is 785. The third kappa shape index (κ3) is 1.79. The van der Waals surface area contributed by atoms with Gasteiger partial charge in [-0.15, -0.1) is 10.2 Å². The van der Waals surface area contributed by atoms with Gasteiger partial charge >= 0.3 is 0 Å². The minimum atomic E-state index is 0.562. The van der Waals surface area contributed by atoms with Crippen LogP contribution in [0.1, 0.15) is 5.56 Å². The molecule has 3 aromatic rings. The molecule has 0 atom stereocenters. The smallest absolute Gasteiger partial charge is 0.172 e. The Hall–Kier alpha value is -2.87. The maximum absolute atomic E-state index is 8.88. The summed E-state index contributed by atoms with van der Waals surface area (Å²) in [5.41, 5.74) is 2.06. The molecule has 0 saturated heterocycles. The molecule has 0 bridgehead atoms. The molecule has 0 amide bonds. The first-order chi connectivity index (χ1) is 9.33. The van der Waals surface area contributed by atoms with Gasteiger partial charge in [-0.2, -0.15) is 5.26 Å². The average molecular weight is 250 g/mol. The first-order valence-electron chi connectivity index (χ1n) is 5.72. The van der Waals surface area contributed by atoms with Gasteiger partial charge in [0.15, 0.2) is 11.5 Å². The first-order valence-corrected chi connectivity index (χ1v) is 5.72. The molecule has 0 aliphatic heterocycles. The summed E-state index contributed by atoms with van der Waals surface area (Å²) >= 11 is 0. The highest BCUT2D eigenvalue weighted by atomic mass is 16.5. The van der Waals surface area contributed by atoms with Crippen molar-refractivity contribution < 1.29 is 4.74 Å². The van der Waals surface area contributed by atoms with Crippen LogP contribution in [0.15, 0.2) is 42.6 Å². The first kappa shape index (κ1) is 11.2. The van der Waals surface area contributed by atoms with Crippen molar-refractivity contribution in [2.45, 2.75) is 0 Å². The summed E-state index contributed by atoms with van der Waals surface area (Å²) in [4.78, 5) is 0. The maximum Gasteiger partial charge on any atom is 0.172 e. The maximum atomic E-state index is 8.88. The van der Waals surface area contributed by atoms with Crippen molar-refractivity contribution in [2.75, 3.05) is 7.11 Å². The largest absolute Gasteiger partial charge is 0.496 e. The zero-order valence-electron chi connectivity index (χ0n) is 10.2. The molecule has 0 aliphatic rings. The van der Waals surface area contributed by atoms with Gasteiger partial charge in [0.2, 0.25) is 0 Å². The van der Waals surface area contributed by atoms with E-state index in [9.17, 15) is 0 Å². The number of rotatable bonds is 2. The van der Waals surface area contributed by atoms with Crippen molar-refractivity contribution in [3.8, 4) is 23.2 Å². The van der Waals surface area contributed by atoms with Crippen LogP contribution >= 0.6 is 0 Å². The standard InChI is InChI=1S/C14H10N4O/c1-19-12-5-3-2-4-11(12)14-17-16-13-8-10(9-15)6-7-18(13)14/h2-8H,1H3. The van der Waals surface area contributed by atoms with Gasteiger partial charge in [0.05, 0.1) is 24.3 Å². The van der Waals surface area contributed by atoms with Gasteiger partial charge in [-0.25, -0.2) is 0 Å². The second-order valence-electron chi connectivity index (χ2n) is 3.98. The van der Waals surface area contributed by atoms with E-state index in [1.165, 1.54) is 0 Å². The van der Waals surface area contributed by atoms with Crippen LogP contribution in [0.4, 0.5) is 0 Å². The summed E-state index contributed by atoms with van der Waals surface area (Å²) in [5.74, 6) is 1.43. The predicted octanol–water partition coefficient (Wildman–Crippen LogP) is 2.28. The molecule has 0 aliphatic carbocycles. The summed E-state index contributed by atoms with van der Waals surface area (Å²) in [5, 5.41) is 17.1. The normalized spacial score (nSPS) is 10.3. The van der Waals surface area contributed by atoms with Crippen molar-refractivity contribution in [1.82, 2.24) is 14.6 Å². The summed E-state index contributed by atoms with van der Waals surface area (Å²) < 4.78 is 7.16. The summed E-state index contributed by atoms with van der Waals surface area (Å²) in [6.45, 7) is 0. The number of nitrogens with zero attached hydrogens (tertiary/aromatic N) is 4. The highest BCUT2D eigenvalue weighted by molar-refractivity contribution is 5.67. The van der Waals surface area contributed by atoms with Crippen LogP contribution in [0.25, 0.3) is 17.0 Å². The number of fused-ring (bicyclic) bond motifs is 1. The van der Waals surface area contributed by atoms with Crippen LogP contribution in [0.3, 0.4) is 0 Å². The minimum Gasteiger partial charge on any atom is -0.496 e. The van der Waals surface area contributed by atoms with E-state index in [1.54, 1.807) is 25.4 Å². The summed E-state index contributed by atoms with van der Waals surface area (Å²) in [6, 6.07) is 13.1. The summed E-state index contributed by atoms with van der Waals surface area (Å²) in [6.07, 6.45) is 1.79. The molecule has 5 nitrogen and oxygen atoms in total. The van der Waals surface area contributed by atoms with Gasteiger partial charge in [0, 0.05) is 12.3 Å². The number of hydrogen-bond donors (Lipinski definition) is 0. The lowest BCUT2D eigenvalue weighted by atomic mass is 10.2. The molecule has 0 spiro atoms. The van der Waals surface area contributed by atoms with Crippen LogP contribution < -0.4 is 4.74 Å². The molecule has 1 aromatic carbocycles. The van der Waals surface area contributed by atoms with Crippen LogP contribution in [0, 0.1) is 11.3 Å². The van der Waals surface area contributed by atoms with Crippen LogP contribution in [0.2, 0.25) is 0 Å². The fraction of sp³-hybridized carbons (Fsp3) is 0.0714. The van der Waals surface area contributed by atoms with E-state index in [0.29, 0.717) is 17.0 Å². The highest BCUT2D eigenvalue weighted by Crippen LogP contribution is 2.28. The zero-order chi connectivity index (χ0) is 13.2. The van der Waals surface area contributed by atoms with E-state index in [1.807, 2.05) is 28.7 Å². The molecular formula is C14H10N4O. The molecule has 0 radical (unpaired) electrons. The van der Waals surface area contributed by atoms with Crippen molar-refractivity contribution >= 4 is 5.65 Å². The zero-order valence-corrected chi connectivity index (χ0v) is 10.2. The van der Waals surface area contributed by atoms with Crippen molar-refractivity contribution in [3.05, 3.63) is 48.2 Å². The van der Waals surface area contributed by atoms with E-state index in [0.717, 1.165) is 11.3 Å². The summed E-state index contributed by atoms with van der Waals surface area (Å²) in [7, 11) is 1.62. The number of benzene rings is 1. The molecule has 0 N–H and O–H groups in total. The van der Waals surface area contributed by atoms with Crippen molar-refractivity contribution in [1.29, 1.82) is 5.26 Å². The lowest BCUT2D eigenvalue weighted by Gasteiger charge is -2.06. The highest BCUT2D eigenvalue weighted by Gasteiger charge is 2.12. The van der Waals surface area contributed by atoms with E-state index in [-0.39, 0.29) is 0 Å². The Morgan fingerprint density at radius 2 is 2.05 bits per heavy atom. The minimum absolute atomic E-state index is 0.562. The van der Waals surface area contributed by atoms with Gasteiger partial charge < -0.3 is 4.74 Å². The molecule has 2 aromatic heterocycles. The number of pyridine rings is 1. The third-order valence-corrected chi connectivity index (χ3v) is 2.89. The Balaban J connectivity index is 2.24. The Morgan fingerprint density at radius 3 is 2.84 bits per heavy atom. The quantitative estimate of drug-likeness (QED) is 0.700. The Labute approximate surface area is 109 Å². The average Bonchev–Trinajstić information content (AvgIpc) is 2.89. The number of para-hydroxylation sites is 1. The number of ether oxygens (including phenoxy) is 1. The number of aromatic nitrogens is 3. The molecule has 0 saturated carbocycles. The van der Waals surface area contributed by atoms with Gasteiger partial charge in [0.25, 0.3) is 0 Å². The topological polar surface area (TPSA) is 63.2 Å². The Kier molecular flexibility index (Phi) is 2.62. The number of hydrogen-bond acceptors (Lipinski definition) is 4.